The van der Waals surface area contributed by atoms with E-state index in [-0.39, 0.29) is 56.8 Å². The van der Waals surface area contributed by atoms with Gasteiger partial charge in [-0.3, -0.25) is 9.36 Å². The summed E-state index contributed by atoms with van der Waals surface area (Å²) in [5.74, 6) is 1.10. The highest BCUT2D eigenvalue weighted by atomic mass is 31.2. The van der Waals surface area contributed by atoms with Crippen molar-refractivity contribution in [2.24, 2.45) is 0 Å². The minimum Gasteiger partial charge on any atom is -0.497 e. The molecule has 0 spiro atoms. The van der Waals surface area contributed by atoms with Gasteiger partial charge in [-0.1, -0.05) is 72.8 Å². The van der Waals surface area contributed by atoms with Gasteiger partial charge < -0.3 is 33.3 Å². The first-order valence-electron chi connectivity index (χ1n) is 19.3. The van der Waals surface area contributed by atoms with Crippen molar-refractivity contribution in [1.29, 1.82) is 5.26 Å². The highest BCUT2D eigenvalue weighted by Gasteiger charge is 2.39. The summed E-state index contributed by atoms with van der Waals surface area (Å²) < 4.78 is 40.9. The van der Waals surface area contributed by atoms with Crippen LogP contribution in [0, 0.1) is 11.3 Å². The van der Waals surface area contributed by atoms with Crippen molar-refractivity contribution >= 4 is 20.3 Å². The Bertz CT molecular complexity index is 2090. The molecule has 0 bridgehead atoms. The number of ether oxygens (including phenoxy) is 4. The van der Waals surface area contributed by atoms with Crippen molar-refractivity contribution in [2.45, 2.75) is 64.6 Å². The third-order valence-electron chi connectivity index (χ3n) is 9.29. The lowest BCUT2D eigenvalue weighted by atomic mass is 9.80. The molecule has 14 heteroatoms. The lowest BCUT2D eigenvalue weighted by molar-refractivity contribution is -0.0962. The van der Waals surface area contributed by atoms with E-state index in [1.165, 1.54) is 16.8 Å². The first kappa shape index (κ1) is 44.6. The summed E-state index contributed by atoms with van der Waals surface area (Å²) in [6.45, 7) is 8.24. The van der Waals surface area contributed by atoms with Crippen LogP contribution >= 0.6 is 8.53 Å². The molecule has 1 heterocycles. The van der Waals surface area contributed by atoms with Gasteiger partial charge in [0.25, 0.3) is 14.4 Å². The molecule has 1 N–H and O–H groups in total. The fourth-order valence-electron chi connectivity index (χ4n) is 6.46. The van der Waals surface area contributed by atoms with Gasteiger partial charge in [-0.2, -0.15) is 10.2 Å². The zero-order valence-electron chi connectivity index (χ0n) is 34.3. The van der Waals surface area contributed by atoms with E-state index >= 15 is 0 Å². The van der Waals surface area contributed by atoms with Crippen LogP contribution in [0.3, 0.4) is 0 Å². The molecular weight excluding hydrogens is 769 g/mol. The number of aromatic nitrogens is 2. The zero-order chi connectivity index (χ0) is 42.2. The average Bonchev–Trinajstić information content (AvgIpc) is 3.25. The summed E-state index contributed by atoms with van der Waals surface area (Å²) >= 11 is 0. The molecule has 59 heavy (non-hydrogen) atoms. The van der Waals surface area contributed by atoms with Crippen molar-refractivity contribution in [3.8, 4) is 17.6 Å². The Morgan fingerprint density at radius 2 is 1.36 bits per heavy atom. The fraction of sp³-hybridized carbons (Fsp3) is 0.333. The highest BCUT2D eigenvalue weighted by Crippen LogP contribution is 2.47. The van der Waals surface area contributed by atoms with Crippen LogP contribution < -0.4 is 20.5 Å². The summed E-state index contributed by atoms with van der Waals surface area (Å²) in [5.41, 5.74) is 1.17. The van der Waals surface area contributed by atoms with Crippen LogP contribution in [0.5, 0.6) is 11.5 Å². The minimum absolute atomic E-state index is 0.00885. The Morgan fingerprint density at radius 1 is 0.797 bits per heavy atom. The maximum atomic E-state index is 13.3. The van der Waals surface area contributed by atoms with Crippen molar-refractivity contribution < 1.29 is 32.8 Å². The van der Waals surface area contributed by atoms with E-state index in [9.17, 15) is 14.9 Å². The van der Waals surface area contributed by atoms with Crippen molar-refractivity contribution in [1.82, 2.24) is 14.2 Å². The lowest BCUT2D eigenvalue weighted by Crippen LogP contribution is -2.39. The maximum Gasteiger partial charge on any atom is 0.351 e. The molecule has 0 fully saturated rings. The van der Waals surface area contributed by atoms with Crippen LogP contribution in [0.1, 0.15) is 61.2 Å². The number of hydrogen-bond donors (Lipinski definition) is 1. The number of nitriles is 1. The van der Waals surface area contributed by atoms with Crippen molar-refractivity contribution in [3.05, 3.63) is 154 Å². The van der Waals surface area contributed by atoms with Gasteiger partial charge in [-0.25, -0.2) is 9.46 Å². The van der Waals surface area contributed by atoms with Crippen LogP contribution in [0.4, 0.5) is 5.82 Å². The number of anilines is 1. The Hall–Kier alpha value is -5.45. The third kappa shape index (κ3) is 11.8. The lowest BCUT2D eigenvalue weighted by Gasteiger charge is -2.38. The molecule has 1 aromatic heterocycles. The summed E-state index contributed by atoms with van der Waals surface area (Å²) in [7, 11) is 1.61. The highest BCUT2D eigenvalue weighted by molar-refractivity contribution is 7.44. The predicted octanol–water partition coefficient (Wildman–Crippen LogP) is 8.16. The molecule has 0 aliphatic heterocycles. The third-order valence-corrected chi connectivity index (χ3v) is 11.4. The largest absolute Gasteiger partial charge is 0.497 e. The van der Waals surface area contributed by atoms with Gasteiger partial charge >= 0.3 is 5.69 Å². The molecular formula is C45H52N5O8P. The van der Waals surface area contributed by atoms with Crippen LogP contribution in [0.2, 0.25) is 0 Å². The Kier molecular flexibility index (Phi) is 16.7. The molecule has 0 radical (unpaired) electrons. The van der Waals surface area contributed by atoms with Crippen LogP contribution in [-0.2, 0) is 30.9 Å². The topological polar surface area (TPSA) is 146 Å². The number of rotatable bonds is 22. The van der Waals surface area contributed by atoms with Crippen LogP contribution in [0.15, 0.2) is 126 Å². The van der Waals surface area contributed by atoms with Gasteiger partial charge in [0.05, 0.1) is 46.5 Å². The van der Waals surface area contributed by atoms with Gasteiger partial charge in [0.15, 0.2) is 0 Å². The van der Waals surface area contributed by atoms with E-state index in [0.717, 1.165) is 16.7 Å². The number of amides is 1. The first-order chi connectivity index (χ1) is 28.6. The quantitative estimate of drug-likeness (QED) is 0.0410. The number of methoxy groups -OCH3 is 2. The summed E-state index contributed by atoms with van der Waals surface area (Å²) in [6, 6.07) is 37.8. The van der Waals surface area contributed by atoms with Crippen LogP contribution in [0.25, 0.3) is 0 Å². The summed E-state index contributed by atoms with van der Waals surface area (Å²) in [5, 5.41) is 11.9. The average molecular weight is 822 g/mol. The molecule has 13 nitrogen and oxygen atoms in total. The van der Waals surface area contributed by atoms with E-state index < -0.39 is 25.9 Å². The van der Waals surface area contributed by atoms with E-state index in [0.29, 0.717) is 17.1 Å². The fourth-order valence-corrected chi connectivity index (χ4v) is 8.09. The minimum atomic E-state index is -1.63. The maximum absolute atomic E-state index is 13.3. The van der Waals surface area contributed by atoms with Crippen molar-refractivity contribution in [2.75, 3.05) is 39.4 Å². The molecule has 0 aliphatic carbocycles. The molecule has 310 valence electrons. The normalized spacial score (nSPS) is 12.6. The van der Waals surface area contributed by atoms with E-state index in [1.807, 2.05) is 84.9 Å². The molecule has 4 aromatic carbocycles. The first-order valence-corrected chi connectivity index (χ1v) is 20.5. The van der Waals surface area contributed by atoms with Crippen LogP contribution in [-0.4, -0.2) is 72.4 Å². The Morgan fingerprint density at radius 3 is 1.88 bits per heavy atom. The van der Waals surface area contributed by atoms with Gasteiger partial charge in [0.2, 0.25) is 0 Å². The van der Waals surface area contributed by atoms with Gasteiger partial charge in [0, 0.05) is 23.8 Å². The predicted molar refractivity (Wildman–Crippen MR) is 227 cm³/mol. The van der Waals surface area contributed by atoms with E-state index in [1.54, 1.807) is 38.5 Å². The second-order valence-corrected chi connectivity index (χ2v) is 15.4. The van der Waals surface area contributed by atoms with Crippen molar-refractivity contribution in [3.63, 3.8) is 0 Å². The molecule has 5 aromatic rings. The second-order valence-electron chi connectivity index (χ2n) is 14.0. The molecule has 0 aliphatic rings. The van der Waals surface area contributed by atoms with Gasteiger partial charge in [-0.15, -0.1) is 0 Å². The monoisotopic (exact) mass is 821 g/mol. The van der Waals surface area contributed by atoms with E-state index in [2.05, 4.69) is 48.7 Å². The number of carbonyl (C=O) groups is 1. The number of nitrogens with zero attached hydrogens (tertiary/aromatic N) is 4. The Balaban J connectivity index is 1.50. The number of nitrogens with one attached hydrogen (secondary N) is 1. The molecule has 0 saturated heterocycles. The number of benzene rings is 4. The van der Waals surface area contributed by atoms with Gasteiger partial charge in [-0.05, 0) is 86.8 Å². The van der Waals surface area contributed by atoms with E-state index in [4.69, 9.17) is 28.0 Å². The molecule has 2 atom stereocenters. The number of carbonyl (C=O) groups excluding carboxylic acids is 1. The zero-order valence-corrected chi connectivity index (χ0v) is 35.2. The second kappa shape index (κ2) is 22.1. The summed E-state index contributed by atoms with van der Waals surface area (Å²) in [6.07, 6.45) is 0.954. The molecule has 2 unspecified atom stereocenters. The molecule has 5 rings (SSSR count). The smallest absolute Gasteiger partial charge is 0.351 e. The molecule has 1 amide bonds. The SMILES string of the molecule is COc1ccc(C(OCC(COP(OCCC#N)N(C(C)C)C(C)C)OCn2ccc(NC(=O)c3ccccc3)nc2=O)(c2ccccc2)c2ccc(OC)cc2)cc1. The Labute approximate surface area is 347 Å². The number of hydrogen-bond acceptors (Lipinski definition) is 11. The molecule has 0 saturated carbocycles. The van der Waals surface area contributed by atoms with Gasteiger partial charge in [0.1, 0.15) is 35.8 Å². The standard InChI is InChI=1S/C45H52N5O8P/c1-33(2)50(34(3)4)59(57-29-13-27-46)58-31-41(55-32-49-28-26-42(48-44(49)52)47-43(51)35-14-9-7-10-15-35)30-56-45(36-16-11-8-12-17-36,37-18-22-39(53-5)23-19-37)38-20-24-40(54-6)25-21-38/h7-12,14-26,28,33-34,41H,13,29-32H2,1-6H3,(H,47,48,51,52). The summed E-state index contributed by atoms with van der Waals surface area (Å²) in [4.78, 5) is 30.1.